The van der Waals surface area contributed by atoms with E-state index in [0.717, 1.165) is 5.69 Å². The third-order valence-electron chi connectivity index (χ3n) is 4.04. The molecule has 8 heteroatoms. The highest BCUT2D eigenvalue weighted by Gasteiger charge is 2.30. The summed E-state index contributed by atoms with van der Waals surface area (Å²) in [5.74, 6) is 0.554. The second kappa shape index (κ2) is 6.11. The minimum absolute atomic E-state index is 0.0905. The molecule has 2 heterocycles. The second-order valence-corrected chi connectivity index (χ2v) is 8.13. The number of hydrogen-bond acceptors (Lipinski definition) is 5. The van der Waals surface area contributed by atoms with Gasteiger partial charge in [-0.3, -0.25) is 9.57 Å². The van der Waals surface area contributed by atoms with Crippen molar-refractivity contribution in [2.24, 2.45) is 0 Å². The normalized spacial score (nSPS) is 23.8. The van der Waals surface area contributed by atoms with Gasteiger partial charge in [0.2, 0.25) is 5.91 Å². The van der Waals surface area contributed by atoms with Gasteiger partial charge in [0.15, 0.2) is 0 Å². The summed E-state index contributed by atoms with van der Waals surface area (Å²) < 4.78 is 19.4. The largest absolute Gasteiger partial charge is 0.341 e. The Balaban J connectivity index is 1.66. The molecule has 1 aliphatic heterocycles. The van der Waals surface area contributed by atoms with Crippen LogP contribution in [-0.2, 0) is 20.9 Å². The van der Waals surface area contributed by atoms with Gasteiger partial charge in [-0.15, -0.1) is 0 Å². The molecule has 1 aromatic heterocycles. The Morgan fingerprint density at radius 3 is 2.83 bits per heavy atom. The van der Waals surface area contributed by atoms with Crippen LogP contribution in [-0.4, -0.2) is 54.6 Å². The van der Waals surface area contributed by atoms with Crippen LogP contribution in [0.2, 0.25) is 0 Å². The Morgan fingerprint density at radius 1 is 1.43 bits per heavy atom. The van der Waals surface area contributed by atoms with Gasteiger partial charge >= 0.3 is 0 Å². The maximum Gasteiger partial charge on any atom is 0.228 e. The fourth-order valence-corrected chi connectivity index (χ4v) is 4.49. The molecule has 7 nitrogen and oxygen atoms in total. The predicted molar refractivity (Wildman–Crippen MR) is 86.8 cm³/mol. The van der Waals surface area contributed by atoms with E-state index in [1.54, 1.807) is 18.1 Å². The van der Waals surface area contributed by atoms with Crippen LogP contribution in [0.3, 0.4) is 0 Å². The molecule has 2 aromatic rings. The fourth-order valence-electron chi connectivity index (χ4n) is 2.65. The molecular formula is C15H19N5O2S. The van der Waals surface area contributed by atoms with E-state index in [1.807, 2.05) is 30.3 Å². The van der Waals surface area contributed by atoms with E-state index < -0.39 is 9.73 Å². The SMILES string of the molecule is CN(C(=O)Cc1cnn(-c2ccccc2)n1)C1CCS(=N)(=O)C1. The molecule has 0 radical (unpaired) electrons. The van der Waals surface area contributed by atoms with Gasteiger partial charge in [0.25, 0.3) is 0 Å². The van der Waals surface area contributed by atoms with E-state index in [0.29, 0.717) is 17.9 Å². The summed E-state index contributed by atoms with van der Waals surface area (Å²) in [6, 6.07) is 9.38. The molecule has 122 valence electrons. The number of rotatable bonds is 4. The first-order valence-electron chi connectivity index (χ1n) is 7.41. The van der Waals surface area contributed by atoms with Crippen LogP contribution in [0.5, 0.6) is 0 Å². The Hall–Kier alpha value is -2.22. The lowest BCUT2D eigenvalue weighted by Crippen LogP contribution is -2.38. The molecule has 2 atom stereocenters. The standard InChI is InChI=1S/C15H19N5O2S/c1-19(14-7-8-23(16,22)11-14)15(21)9-12-10-17-20(18-12)13-5-3-2-4-6-13/h2-6,10,14,16H,7-9,11H2,1H3. The number of para-hydroxylation sites is 1. The van der Waals surface area contributed by atoms with Crippen LogP contribution in [0.15, 0.2) is 36.5 Å². The summed E-state index contributed by atoms with van der Waals surface area (Å²) in [6.45, 7) is 0. The minimum atomic E-state index is -2.50. The molecule has 1 amide bonds. The fraction of sp³-hybridized carbons (Fsp3) is 0.400. The topological polar surface area (TPSA) is 91.9 Å². The summed E-state index contributed by atoms with van der Waals surface area (Å²) >= 11 is 0. The Kier molecular flexibility index (Phi) is 4.16. The Bertz CT molecular complexity index is 800. The summed E-state index contributed by atoms with van der Waals surface area (Å²) in [4.78, 5) is 15.4. The van der Waals surface area contributed by atoms with E-state index in [9.17, 15) is 9.00 Å². The second-order valence-electron chi connectivity index (χ2n) is 5.77. The predicted octanol–water partition coefficient (Wildman–Crippen LogP) is 1.09. The van der Waals surface area contributed by atoms with Gasteiger partial charge in [-0.05, 0) is 18.6 Å². The van der Waals surface area contributed by atoms with Crippen LogP contribution in [0, 0.1) is 4.78 Å². The smallest absolute Gasteiger partial charge is 0.228 e. The summed E-state index contributed by atoms with van der Waals surface area (Å²) in [7, 11) is -0.801. The number of nitrogens with one attached hydrogen (secondary N) is 1. The zero-order chi connectivity index (χ0) is 16.4. The van der Waals surface area contributed by atoms with E-state index in [2.05, 4.69) is 10.2 Å². The number of benzene rings is 1. The average Bonchev–Trinajstić information content (AvgIpc) is 3.14. The van der Waals surface area contributed by atoms with Gasteiger partial charge in [0.05, 0.1) is 29.8 Å². The van der Waals surface area contributed by atoms with Crippen molar-refractivity contribution in [2.75, 3.05) is 18.6 Å². The van der Waals surface area contributed by atoms with Crippen molar-refractivity contribution in [3.63, 3.8) is 0 Å². The molecule has 1 aliphatic rings. The molecule has 23 heavy (non-hydrogen) atoms. The molecule has 2 unspecified atom stereocenters. The monoisotopic (exact) mass is 333 g/mol. The van der Waals surface area contributed by atoms with Gasteiger partial charge < -0.3 is 4.90 Å². The lowest BCUT2D eigenvalue weighted by molar-refractivity contribution is -0.130. The average molecular weight is 333 g/mol. The van der Waals surface area contributed by atoms with E-state index in [1.165, 1.54) is 4.80 Å². The van der Waals surface area contributed by atoms with Crippen LogP contribution in [0.1, 0.15) is 12.1 Å². The molecule has 3 rings (SSSR count). The van der Waals surface area contributed by atoms with E-state index in [4.69, 9.17) is 4.78 Å². The van der Waals surface area contributed by atoms with Crippen molar-refractivity contribution in [2.45, 2.75) is 18.9 Å². The van der Waals surface area contributed by atoms with Crippen molar-refractivity contribution >= 4 is 15.6 Å². The van der Waals surface area contributed by atoms with Crippen molar-refractivity contribution < 1.29 is 9.00 Å². The van der Waals surface area contributed by atoms with Crippen LogP contribution in [0.4, 0.5) is 0 Å². The third-order valence-corrected chi connectivity index (χ3v) is 5.86. The highest BCUT2D eigenvalue weighted by atomic mass is 32.2. The molecule has 0 bridgehead atoms. The van der Waals surface area contributed by atoms with Gasteiger partial charge in [-0.25, -0.2) is 4.21 Å². The van der Waals surface area contributed by atoms with E-state index >= 15 is 0 Å². The number of carbonyl (C=O) groups is 1. The summed E-state index contributed by atoms with van der Waals surface area (Å²) in [5.41, 5.74) is 1.43. The van der Waals surface area contributed by atoms with Crippen molar-refractivity contribution in [1.29, 1.82) is 4.78 Å². The molecular weight excluding hydrogens is 314 g/mol. The minimum Gasteiger partial charge on any atom is -0.341 e. The van der Waals surface area contributed by atoms with Crippen LogP contribution < -0.4 is 0 Å². The Labute approximate surface area is 135 Å². The molecule has 1 N–H and O–H groups in total. The molecule has 1 fully saturated rings. The first-order valence-corrected chi connectivity index (χ1v) is 9.31. The molecule has 0 aliphatic carbocycles. The lowest BCUT2D eigenvalue weighted by atomic mass is 10.2. The number of nitrogens with zero attached hydrogens (tertiary/aromatic N) is 4. The summed E-state index contributed by atoms with van der Waals surface area (Å²) in [5, 5.41) is 8.50. The van der Waals surface area contributed by atoms with Gasteiger partial charge in [0.1, 0.15) is 0 Å². The third kappa shape index (κ3) is 3.58. The van der Waals surface area contributed by atoms with Crippen LogP contribution in [0.25, 0.3) is 5.69 Å². The van der Waals surface area contributed by atoms with Gasteiger partial charge in [0, 0.05) is 28.6 Å². The zero-order valence-electron chi connectivity index (χ0n) is 12.9. The zero-order valence-corrected chi connectivity index (χ0v) is 13.7. The molecule has 0 spiro atoms. The molecule has 1 aromatic carbocycles. The number of carbonyl (C=O) groups excluding carboxylic acids is 1. The highest BCUT2D eigenvalue weighted by Crippen LogP contribution is 2.18. The number of hydrogen-bond donors (Lipinski definition) is 1. The van der Waals surface area contributed by atoms with Gasteiger partial charge in [-0.1, -0.05) is 18.2 Å². The lowest BCUT2D eigenvalue weighted by Gasteiger charge is -2.23. The quantitative estimate of drug-likeness (QED) is 0.906. The maximum atomic E-state index is 12.4. The van der Waals surface area contributed by atoms with E-state index in [-0.39, 0.29) is 24.1 Å². The maximum absolute atomic E-state index is 12.4. The molecule has 0 saturated carbocycles. The van der Waals surface area contributed by atoms with Crippen LogP contribution >= 0.6 is 0 Å². The first-order chi connectivity index (χ1) is 10.9. The number of amides is 1. The Morgan fingerprint density at radius 2 is 2.17 bits per heavy atom. The van der Waals surface area contributed by atoms with Crippen molar-refractivity contribution in [3.8, 4) is 5.69 Å². The highest BCUT2D eigenvalue weighted by molar-refractivity contribution is 7.92. The number of likely N-dealkylation sites (N-methyl/N-ethyl adjacent to an activating group) is 1. The van der Waals surface area contributed by atoms with Crippen molar-refractivity contribution in [3.05, 3.63) is 42.2 Å². The van der Waals surface area contributed by atoms with Gasteiger partial charge in [-0.2, -0.15) is 15.0 Å². The summed E-state index contributed by atoms with van der Waals surface area (Å²) in [6.07, 6.45) is 2.36. The molecule has 1 saturated heterocycles. The number of aromatic nitrogens is 3. The van der Waals surface area contributed by atoms with Crippen molar-refractivity contribution in [1.82, 2.24) is 19.9 Å². The first kappa shape index (κ1) is 15.7.